The van der Waals surface area contributed by atoms with E-state index in [0.29, 0.717) is 46.5 Å². The van der Waals surface area contributed by atoms with Gasteiger partial charge in [-0.1, -0.05) is 29.3 Å². The average Bonchev–Trinajstić information content (AvgIpc) is 3.00. The van der Waals surface area contributed by atoms with Crippen LogP contribution in [0.4, 0.5) is 5.95 Å². The van der Waals surface area contributed by atoms with Crippen LogP contribution in [0.1, 0.15) is 18.4 Å². The Balaban J connectivity index is 1.76. The zero-order chi connectivity index (χ0) is 17.8. The van der Waals surface area contributed by atoms with Gasteiger partial charge in [0.1, 0.15) is 5.52 Å². The van der Waals surface area contributed by atoms with E-state index >= 15 is 0 Å². The summed E-state index contributed by atoms with van der Waals surface area (Å²) in [5, 5.41) is 17.1. The second-order valence-electron chi connectivity index (χ2n) is 5.55. The Bertz CT molecular complexity index is 938. The van der Waals surface area contributed by atoms with Crippen LogP contribution in [0.2, 0.25) is 10.0 Å². The maximum atomic E-state index is 12.3. The average molecular weight is 382 g/mol. The van der Waals surface area contributed by atoms with E-state index in [1.54, 1.807) is 23.0 Å². The quantitative estimate of drug-likeness (QED) is 0.546. The van der Waals surface area contributed by atoms with Crippen LogP contribution < -0.4 is 10.9 Å². The van der Waals surface area contributed by atoms with Crippen molar-refractivity contribution in [1.29, 1.82) is 0 Å². The van der Waals surface area contributed by atoms with E-state index in [9.17, 15) is 4.79 Å². The third kappa shape index (κ3) is 4.12. The van der Waals surface area contributed by atoms with Crippen LogP contribution in [0, 0.1) is 0 Å². The van der Waals surface area contributed by atoms with Gasteiger partial charge in [-0.25, -0.2) is 4.98 Å². The summed E-state index contributed by atoms with van der Waals surface area (Å²) in [6.07, 6.45) is 2.97. The number of aliphatic hydroxyl groups is 1. The number of aryl methyl sites for hydroxylation is 1. The topological polar surface area (TPSA) is 95.8 Å². The third-order valence-electron chi connectivity index (χ3n) is 3.72. The molecule has 0 saturated carbocycles. The van der Waals surface area contributed by atoms with Crippen LogP contribution in [0.5, 0.6) is 0 Å². The van der Waals surface area contributed by atoms with Crippen LogP contribution in [-0.4, -0.2) is 31.5 Å². The number of rotatable bonds is 7. The number of hydrogen-bond acceptors (Lipinski definition) is 5. The van der Waals surface area contributed by atoms with E-state index < -0.39 is 0 Å². The maximum absolute atomic E-state index is 12.3. The van der Waals surface area contributed by atoms with Crippen molar-refractivity contribution >= 4 is 40.2 Å². The second-order valence-corrected chi connectivity index (χ2v) is 6.36. The predicted octanol–water partition coefficient (Wildman–Crippen LogP) is 2.81. The van der Waals surface area contributed by atoms with Gasteiger partial charge in [-0.2, -0.15) is 5.10 Å². The molecular weight excluding hydrogens is 365 g/mol. The summed E-state index contributed by atoms with van der Waals surface area (Å²) in [5.41, 5.74) is 1.60. The minimum atomic E-state index is -0.261. The van der Waals surface area contributed by atoms with E-state index in [-0.39, 0.29) is 12.2 Å². The van der Waals surface area contributed by atoms with Crippen molar-refractivity contribution < 1.29 is 5.11 Å². The Kier molecular flexibility index (Phi) is 5.57. The molecule has 0 atom stereocenters. The van der Waals surface area contributed by atoms with E-state index in [1.165, 1.54) is 0 Å². The Morgan fingerprint density at radius 1 is 1.24 bits per heavy atom. The number of fused-ring (bicyclic) bond motifs is 1. The molecule has 3 N–H and O–H groups in total. The summed E-state index contributed by atoms with van der Waals surface area (Å²) in [7, 11) is 0. The Hall–Kier alpha value is -2.09. The molecule has 0 radical (unpaired) electrons. The van der Waals surface area contributed by atoms with Crippen molar-refractivity contribution in [3.8, 4) is 0 Å². The fraction of sp³-hybridized carbons (Fsp3) is 0.312. The number of anilines is 1. The number of nitrogens with one attached hydrogen (secondary N) is 2. The molecule has 2 aromatic heterocycles. The van der Waals surface area contributed by atoms with E-state index in [2.05, 4.69) is 20.4 Å². The molecule has 7 nitrogen and oxygen atoms in total. The lowest BCUT2D eigenvalue weighted by Gasteiger charge is -2.07. The van der Waals surface area contributed by atoms with Crippen LogP contribution in [0.25, 0.3) is 11.0 Å². The lowest BCUT2D eigenvalue weighted by Crippen LogP contribution is -2.16. The van der Waals surface area contributed by atoms with Gasteiger partial charge in [0.2, 0.25) is 5.95 Å². The molecule has 0 unspecified atom stereocenters. The number of H-pyrrole nitrogens is 1. The number of aromatic nitrogens is 4. The smallest absolute Gasteiger partial charge is 0.278 e. The zero-order valence-corrected chi connectivity index (χ0v) is 14.8. The standard InChI is InChI=1S/C16H17Cl2N5O2/c17-11-4-3-10(7-12(11)18)8-19-16-21-13-9-20-23(5-1-2-6-24)14(13)15(25)22-16/h3-4,7,9,24H,1-2,5-6,8H2,(H2,19,21,22,25). The van der Waals surface area contributed by atoms with Gasteiger partial charge < -0.3 is 10.4 Å². The summed E-state index contributed by atoms with van der Waals surface area (Å²) < 4.78 is 1.61. The highest BCUT2D eigenvalue weighted by Crippen LogP contribution is 2.22. The first kappa shape index (κ1) is 17.7. The highest BCUT2D eigenvalue weighted by atomic mass is 35.5. The number of hydrogen-bond donors (Lipinski definition) is 3. The number of halogens is 2. The van der Waals surface area contributed by atoms with Crippen molar-refractivity contribution in [1.82, 2.24) is 19.7 Å². The van der Waals surface area contributed by atoms with Gasteiger partial charge in [-0.15, -0.1) is 0 Å². The molecule has 3 aromatic rings. The Morgan fingerprint density at radius 3 is 2.84 bits per heavy atom. The van der Waals surface area contributed by atoms with Crippen molar-refractivity contribution in [3.05, 3.63) is 50.4 Å². The molecule has 1 aromatic carbocycles. The number of benzene rings is 1. The monoisotopic (exact) mass is 381 g/mol. The normalized spacial score (nSPS) is 11.2. The van der Waals surface area contributed by atoms with Crippen molar-refractivity contribution in [2.75, 3.05) is 11.9 Å². The molecule has 132 valence electrons. The number of nitrogens with zero attached hydrogens (tertiary/aromatic N) is 3. The summed E-state index contributed by atoms with van der Waals surface area (Å²) in [5.74, 6) is 0.360. The Morgan fingerprint density at radius 2 is 2.08 bits per heavy atom. The molecule has 0 amide bonds. The summed E-state index contributed by atoms with van der Waals surface area (Å²) in [4.78, 5) is 19.4. The molecule has 0 spiro atoms. The molecular formula is C16H17Cl2N5O2. The van der Waals surface area contributed by atoms with Gasteiger partial charge >= 0.3 is 0 Å². The fourth-order valence-corrected chi connectivity index (χ4v) is 2.79. The summed E-state index contributed by atoms with van der Waals surface area (Å²) >= 11 is 11.9. The zero-order valence-electron chi connectivity index (χ0n) is 13.3. The van der Waals surface area contributed by atoms with Crippen LogP contribution >= 0.6 is 23.2 Å². The van der Waals surface area contributed by atoms with Crippen molar-refractivity contribution in [2.24, 2.45) is 0 Å². The van der Waals surface area contributed by atoms with Gasteiger partial charge in [0.25, 0.3) is 5.56 Å². The lowest BCUT2D eigenvalue weighted by molar-refractivity contribution is 0.280. The largest absolute Gasteiger partial charge is 0.396 e. The van der Waals surface area contributed by atoms with Gasteiger partial charge in [0, 0.05) is 19.7 Å². The lowest BCUT2D eigenvalue weighted by atomic mass is 10.2. The van der Waals surface area contributed by atoms with E-state index in [1.807, 2.05) is 6.07 Å². The summed E-state index contributed by atoms with van der Waals surface area (Å²) in [6.45, 7) is 1.12. The molecule has 3 rings (SSSR count). The minimum absolute atomic E-state index is 0.122. The predicted molar refractivity (Wildman–Crippen MR) is 98.3 cm³/mol. The third-order valence-corrected chi connectivity index (χ3v) is 4.46. The van der Waals surface area contributed by atoms with Crippen LogP contribution in [0.15, 0.2) is 29.2 Å². The highest BCUT2D eigenvalue weighted by molar-refractivity contribution is 6.42. The number of aromatic amines is 1. The van der Waals surface area contributed by atoms with Crippen molar-refractivity contribution in [2.45, 2.75) is 25.9 Å². The number of unbranched alkanes of at least 4 members (excludes halogenated alkanes) is 1. The molecule has 2 heterocycles. The highest BCUT2D eigenvalue weighted by Gasteiger charge is 2.10. The first-order valence-corrected chi connectivity index (χ1v) is 8.58. The van der Waals surface area contributed by atoms with E-state index in [4.69, 9.17) is 28.3 Å². The molecule has 9 heteroatoms. The minimum Gasteiger partial charge on any atom is -0.396 e. The molecule has 25 heavy (non-hydrogen) atoms. The van der Waals surface area contributed by atoms with E-state index in [0.717, 1.165) is 12.0 Å². The Labute approximate surface area is 153 Å². The first-order chi connectivity index (χ1) is 12.1. The second kappa shape index (κ2) is 7.86. The van der Waals surface area contributed by atoms with Crippen molar-refractivity contribution in [3.63, 3.8) is 0 Å². The molecule has 0 bridgehead atoms. The molecule has 0 aliphatic rings. The van der Waals surface area contributed by atoms with Gasteiger partial charge in [-0.3, -0.25) is 14.5 Å². The molecule has 0 fully saturated rings. The van der Waals surface area contributed by atoms with Gasteiger partial charge in [-0.05, 0) is 30.5 Å². The van der Waals surface area contributed by atoms with Gasteiger partial charge in [0.15, 0.2) is 5.52 Å². The fourth-order valence-electron chi connectivity index (χ4n) is 2.47. The SMILES string of the molecule is O=c1[nH]c(NCc2ccc(Cl)c(Cl)c2)nc2cnn(CCCCO)c12. The molecule has 0 saturated heterocycles. The molecule has 0 aliphatic carbocycles. The number of aliphatic hydroxyl groups excluding tert-OH is 1. The van der Waals surface area contributed by atoms with Crippen LogP contribution in [0.3, 0.4) is 0 Å². The van der Waals surface area contributed by atoms with Gasteiger partial charge in [0.05, 0.1) is 16.2 Å². The summed E-state index contributed by atoms with van der Waals surface area (Å²) in [6, 6.07) is 5.32. The molecule has 0 aliphatic heterocycles. The van der Waals surface area contributed by atoms with Crippen LogP contribution in [-0.2, 0) is 13.1 Å². The first-order valence-electron chi connectivity index (χ1n) is 7.83. The maximum Gasteiger partial charge on any atom is 0.278 e.